The third kappa shape index (κ3) is 5.55. The van der Waals surface area contributed by atoms with Crippen molar-refractivity contribution in [2.24, 2.45) is 5.41 Å². The van der Waals surface area contributed by atoms with E-state index < -0.39 is 17.4 Å². The third-order valence-corrected chi connectivity index (χ3v) is 2.97. The smallest absolute Gasteiger partial charge is 0.307 e. The van der Waals surface area contributed by atoms with Gasteiger partial charge in [0.2, 0.25) is 11.8 Å². The molecule has 0 bridgehead atoms. The molecule has 0 aliphatic carbocycles. The Kier molecular flexibility index (Phi) is 5.68. The highest BCUT2D eigenvalue weighted by molar-refractivity contribution is 5.97. The topological polar surface area (TPSA) is 95.5 Å². The summed E-state index contributed by atoms with van der Waals surface area (Å²) in [5, 5.41) is 14.1. The monoisotopic (exact) mass is 306 g/mol. The van der Waals surface area contributed by atoms with Crippen LogP contribution in [0.5, 0.6) is 0 Å². The second kappa shape index (κ2) is 7.06. The lowest BCUT2D eigenvalue weighted by Gasteiger charge is -2.21. The maximum Gasteiger partial charge on any atom is 0.307 e. The summed E-state index contributed by atoms with van der Waals surface area (Å²) in [6.07, 6.45) is -0.111. The van der Waals surface area contributed by atoms with Gasteiger partial charge in [-0.05, 0) is 24.6 Å². The van der Waals surface area contributed by atoms with Gasteiger partial charge in [-0.15, -0.1) is 0 Å². The van der Waals surface area contributed by atoms with Gasteiger partial charge in [0.05, 0.1) is 6.42 Å². The summed E-state index contributed by atoms with van der Waals surface area (Å²) in [4.78, 5) is 34.6. The Morgan fingerprint density at radius 2 is 1.86 bits per heavy atom. The van der Waals surface area contributed by atoms with Crippen molar-refractivity contribution in [1.82, 2.24) is 5.32 Å². The van der Waals surface area contributed by atoms with Crippen LogP contribution in [0.3, 0.4) is 0 Å². The largest absolute Gasteiger partial charge is 0.481 e. The van der Waals surface area contributed by atoms with E-state index in [4.69, 9.17) is 5.11 Å². The number of hydrogen-bond donors (Lipinski definition) is 3. The fourth-order valence-corrected chi connectivity index (χ4v) is 1.66. The molecule has 0 spiro atoms. The molecular weight excluding hydrogens is 284 g/mol. The maximum atomic E-state index is 12.1. The molecule has 1 unspecified atom stereocenters. The van der Waals surface area contributed by atoms with Crippen LogP contribution in [0.15, 0.2) is 24.3 Å². The fourth-order valence-electron chi connectivity index (χ4n) is 1.66. The van der Waals surface area contributed by atoms with E-state index in [0.717, 1.165) is 0 Å². The molecule has 120 valence electrons. The zero-order valence-electron chi connectivity index (χ0n) is 13.3. The summed E-state index contributed by atoms with van der Waals surface area (Å²) in [6.45, 7) is 6.90. The number of anilines is 1. The van der Waals surface area contributed by atoms with Gasteiger partial charge in [-0.25, -0.2) is 0 Å². The van der Waals surface area contributed by atoms with E-state index >= 15 is 0 Å². The van der Waals surface area contributed by atoms with Crippen molar-refractivity contribution >= 4 is 23.5 Å². The lowest BCUT2D eigenvalue weighted by atomic mass is 9.95. The zero-order chi connectivity index (χ0) is 16.9. The van der Waals surface area contributed by atoms with Crippen LogP contribution in [0.1, 0.15) is 33.3 Å². The van der Waals surface area contributed by atoms with Crippen LogP contribution in [0.25, 0.3) is 0 Å². The molecule has 0 saturated carbocycles. The summed E-state index contributed by atoms with van der Waals surface area (Å²) in [5.74, 6) is -1.51. The van der Waals surface area contributed by atoms with Gasteiger partial charge in [-0.3, -0.25) is 14.4 Å². The number of aliphatic carboxylic acids is 1. The Balaban J connectivity index is 2.68. The quantitative estimate of drug-likeness (QED) is 0.773. The van der Waals surface area contributed by atoms with Gasteiger partial charge < -0.3 is 15.7 Å². The van der Waals surface area contributed by atoms with Gasteiger partial charge in [-0.1, -0.05) is 32.9 Å². The second-order valence-corrected chi connectivity index (χ2v) is 6.21. The van der Waals surface area contributed by atoms with E-state index in [2.05, 4.69) is 10.6 Å². The molecule has 0 heterocycles. The van der Waals surface area contributed by atoms with Crippen molar-refractivity contribution in [2.45, 2.75) is 40.2 Å². The highest BCUT2D eigenvalue weighted by Crippen LogP contribution is 2.14. The number of benzene rings is 1. The summed E-state index contributed by atoms with van der Waals surface area (Å²) >= 11 is 0. The summed E-state index contributed by atoms with van der Waals surface area (Å²) in [5.41, 5.74) is 0.521. The summed E-state index contributed by atoms with van der Waals surface area (Å²) in [7, 11) is 0. The SMILES string of the molecule is CC(NC(=O)C(C)(C)C)C(=O)Nc1cccc(CC(=O)O)c1. The molecule has 6 nitrogen and oxygen atoms in total. The molecule has 1 atom stereocenters. The normalized spacial score (nSPS) is 12.4. The van der Waals surface area contributed by atoms with E-state index in [1.807, 2.05) is 0 Å². The Hall–Kier alpha value is -2.37. The average Bonchev–Trinajstić information content (AvgIpc) is 2.36. The predicted molar refractivity (Wildman–Crippen MR) is 83.5 cm³/mol. The molecule has 2 amide bonds. The highest BCUT2D eigenvalue weighted by atomic mass is 16.4. The average molecular weight is 306 g/mol. The first-order chi connectivity index (χ1) is 10.1. The highest BCUT2D eigenvalue weighted by Gasteiger charge is 2.25. The minimum atomic E-state index is -0.936. The number of amides is 2. The molecule has 1 rings (SSSR count). The van der Waals surface area contributed by atoms with Gasteiger partial charge in [-0.2, -0.15) is 0 Å². The lowest BCUT2D eigenvalue weighted by molar-refractivity contribution is -0.136. The number of nitrogens with one attached hydrogen (secondary N) is 2. The van der Waals surface area contributed by atoms with Crippen LogP contribution in [0, 0.1) is 5.41 Å². The van der Waals surface area contributed by atoms with Gasteiger partial charge in [0.15, 0.2) is 0 Å². The standard InChI is InChI=1S/C16H22N2O4/c1-10(17-15(22)16(2,3)4)14(21)18-12-7-5-6-11(8-12)9-13(19)20/h5-8,10H,9H2,1-4H3,(H,17,22)(H,18,21)(H,19,20). The van der Waals surface area contributed by atoms with Crippen molar-refractivity contribution in [3.8, 4) is 0 Å². The summed E-state index contributed by atoms with van der Waals surface area (Å²) < 4.78 is 0. The number of carbonyl (C=O) groups is 3. The van der Waals surface area contributed by atoms with E-state index in [-0.39, 0.29) is 18.2 Å². The molecule has 0 radical (unpaired) electrons. The van der Waals surface area contributed by atoms with Crippen molar-refractivity contribution < 1.29 is 19.5 Å². The minimum Gasteiger partial charge on any atom is -0.481 e. The maximum absolute atomic E-state index is 12.1. The first kappa shape index (κ1) is 17.7. The van der Waals surface area contributed by atoms with Gasteiger partial charge in [0.25, 0.3) is 0 Å². The van der Waals surface area contributed by atoms with Crippen molar-refractivity contribution in [3.63, 3.8) is 0 Å². The Morgan fingerprint density at radius 3 is 2.41 bits per heavy atom. The number of rotatable bonds is 5. The first-order valence-electron chi connectivity index (χ1n) is 7.02. The Bertz CT molecular complexity index is 576. The van der Waals surface area contributed by atoms with Crippen LogP contribution >= 0.6 is 0 Å². The molecule has 3 N–H and O–H groups in total. The molecule has 1 aromatic rings. The lowest BCUT2D eigenvalue weighted by Crippen LogP contribution is -2.46. The molecule has 0 aliphatic rings. The van der Waals surface area contributed by atoms with Crippen LogP contribution in [-0.2, 0) is 20.8 Å². The Morgan fingerprint density at radius 1 is 1.23 bits per heavy atom. The number of carboxylic acid groups (broad SMARTS) is 1. The van der Waals surface area contributed by atoms with Crippen LogP contribution in [0.2, 0.25) is 0 Å². The van der Waals surface area contributed by atoms with Crippen LogP contribution in [-0.4, -0.2) is 28.9 Å². The van der Waals surface area contributed by atoms with Gasteiger partial charge >= 0.3 is 5.97 Å². The molecule has 0 fully saturated rings. The molecule has 0 aliphatic heterocycles. The Labute approximate surface area is 129 Å². The van der Waals surface area contributed by atoms with Crippen molar-refractivity contribution in [2.75, 3.05) is 5.32 Å². The van der Waals surface area contributed by atoms with E-state index in [9.17, 15) is 14.4 Å². The molecule has 6 heteroatoms. The zero-order valence-corrected chi connectivity index (χ0v) is 13.3. The van der Waals surface area contributed by atoms with Crippen molar-refractivity contribution in [1.29, 1.82) is 0 Å². The molecule has 22 heavy (non-hydrogen) atoms. The second-order valence-electron chi connectivity index (χ2n) is 6.21. The molecule has 0 saturated heterocycles. The van der Waals surface area contributed by atoms with Crippen LogP contribution in [0.4, 0.5) is 5.69 Å². The fraction of sp³-hybridized carbons (Fsp3) is 0.438. The van der Waals surface area contributed by atoms with E-state index in [1.54, 1.807) is 52.0 Å². The molecule has 1 aromatic carbocycles. The molecular formula is C16H22N2O4. The summed E-state index contributed by atoms with van der Waals surface area (Å²) in [6, 6.07) is 5.93. The first-order valence-corrected chi connectivity index (χ1v) is 7.02. The minimum absolute atomic E-state index is 0.111. The van der Waals surface area contributed by atoms with Gasteiger partial charge in [0, 0.05) is 11.1 Å². The van der Waals surface area contributed by atoms with Crippen molar-refractivity contribution in [3.05, 3.63) is 29.8 Å². The van der Waals surface area contributed by atoms with Crippen LogP contribution < -0.4 is 10.6 Å². The van der Waals surface area contributed by atoms with E-state index in [1.165, 1.54) is 0 Å². The number of carboxylic acids is 1. The number of hydrogen-bond acceptors (Lipinski definition) is 3. The number of carbonyl (C=O) groups excluding carboxylic acids is 2. The third-order valence-electron chi connectivity index (χ3n) is 2.97. The van der Waals surface area contributed by atoms with E-state index in [0.29, 0.717) is 11.3 Å². The molecule has 0 aromatic heterocycles. The predicted octanol–water partition coefficient (Wildman–Crippen LogP) is 1.80. The van der Waals surface area contributed by atoms with Gasteiger partial charge in [0.1, 0.15) is 6.04 Å².